The first-order valence-electron chi connectivity index (χ1n) is 8.51. The van der Waals surface area contributed by atoms with Crippen LogP contribution in [0, 0.1) is 0 Å². The minimum absolute atomic E-state index is 0.389. The smallest absolute Gasteiger partial charge is 0.147 e. The Morgan fingerprint density at radius 1 is 0.632 bits per heavy atom. The van der Waals surface area contributed by atoms with Crippen molar-refractivity contribution in [3.63, 3.8) is 0 Å². The summed E-state index contributed by atoms with van der Waals surface area (Å²) in [6, 6.07) is 0. The van der Waals surface area contributed by atoms with Crippen LogP contribution in [0.25, 0.3) is 0 Å². The van der Waals surface area contributed by atoms with Crippen LogP contribution in [-0.4, -0.2) is 19.0 Å². The summed E-state index contributed by atoms with van der Waals surface area (Å²) < 4.78 is 11.7. The van der Waals surface area contributed by atoms with E-state index in [2.05, 4.69) is 27.7 Å². The zero-order valence-corrected chi connectivity index (χ0v) is 13.7. The summed E-state index contributed by atoms with van der Waals surface area (Å²) >= 11 is 0. The lowest BCUT2D eigenvalue weighted by Crippen LogP contribution is -2.19. The normalized spacial score (nSPS) is 14.5. The van der Waals surface area contributed by atoms with Crippen molar-refractivity contribution in [2.24, 2.45) is 0 Å². The van der Waals surface area contributed by atoms with Crippen LogP contribution >= 0.6 is 0 Å². The van der Waals surface area contributed by atoms with Gasteiger partial charge in [0.15, 0.2) is 0 Å². The molecule has 116 valence electrons. The second kappa shape index (κ2) is 14.3. The first kappa shape index (κ1) is 18.9. The molecule has 0 fully saturated rings. The summed E-state index contributed by atoms with van der Waals surface area (Å²) in [5.74, 6) is 0. The molecule has 0 aliphatic rings. The van der Waals surface area contributed by atoms with Gasteiger partial charge in [-0.1, -0.05) is 66.2 Å². The molecule has 0 bridgehead atoms. The Morgan fingerprint density at radius 3 is 1.37 bits per heavy atom. The maximum Gasteiger partial charge on any atom is 0.147 e. The van der Waals surface area contributed by atoms with Gasteiger partial charge < -0.3 is 9.47 Å². The lowest BCUT2D eigenvalue weighted by Gasteiger charge is -2.20. The van der Waals surface area contributed by atoms with Crippen LogP contribution in [0.5, 0.6) is 0 Å². The largest absolute Gasteiger partial charge is 0.352 e. The summed E-state index contributed by atoms with van der Waals surface area (Å²) in [7, 11) is 0. The van der Waals surface area contributed by atoms with Gasteiger partial charge in [-0.05, 0) is 25.7 Å². The van der Waals surface area contributed by atoms with Crippen LogP contribution in [0.2, 0.25) is 0 Å². The molecule has 0 aromatic heterocycles. The topological polar surface area (TPSA) is 18.5 Å². The Hall–Kier alpha value is -0.0800. The second-order valence-electron chi connectivity index (χ2n) is 5.50. The Bertz CT molecular complexity index is 153. The fourth-order valence-electron chi connectivity index (χ4n) is 2.29. The van der Waals surface area contributed by atoms with Crippen molar-refractivity contribution in [3.05, 3.63) is 0 Å². The molecule has 0 aromatic carbocycles. The van der Waals surface area contributed by atoms with Crippen molar-refractivity contribution in [1.29, 1.82) is 0 Å². The Morgan fingerprint density at radius 2 is 1.05 bits per heavy atom. The van der Waals surface area contributed by atoms with E-state index in [0.717, 1.165) is 12.8 Å². The molecule has 0 aliphatic carbocycles. The molecule has 2 atom stereocenters. The highest BCUT2D eigenvalue weighted by Crippen LogP contribution is 2.13. The van der Waals surface area contributed by atoms with E-state index in [4.69, 9.17) is 9.47 Å². The molecular weight excluding hydrogens is 236 g/mol. The summed E-state index contributed by atoms with van der Waals surface area (Å²) in [5.41, 5.74) is 0. The van der Waals surface area contributed by atoms with Crippen molar-refractivity contribution in [2.45, 2.75) is 104 Å². The van der Waals surface area contributed by atoms with Crippen LogP contribution in [0.4, 0.5) is 0 Å². The van der Waals surface area contributed by atoms with E-state index in [9.17, 15) is 0 Å². The van der Waals surface area contributed by atoms with E-state index in [-0.39, 0.29) is 0 Å². The molecular formula is C17H36O2. The third kappa shape index (κ3) is 11.4. The van der Waals surface area contributed by atoms with E-state index in [1.165, 1.54) is 51.4 Å². The quantitative estimate of drug-likeness (QED) is 0.298. The third-order valence-electron chi connectivity index (χ3n) is 3.78. The van der Waals surface area contributed by atoms with Crippen LogP contribution in [0.3, 0.4) is 0 Å². The predicted octanol–water partition coefficient (Wildman–Crippen LogP) is 5.69. The van der Waals surface area contributed by atoms with Crippen LogP contribution in [0.15, 0.2) is 0 Å². The molecule has 2 nitrogen and oxygen atoms in total. The van der Waals surface area contributed by atoms with E-state index >= 15 is 0 Å². The lowest BCUT2D eigenvalue weighted by molar-refractivity contribution is -0.123. The maximum absolute atomic E-state index is 5.85. The van der Waals surface area contributed by atoms with Crippen LogP contribution < -0.4 is 0 Å². The first-order chi connectivity index (χ1) is 9.28. The van der Waals surface area contributed by atoms with Gasteiger partial charge in [-0.15, -0.1) is 0 Å². The van der Waals surface area contributed by atoms with Crippen molar-refractivity contribution < 1.29 is 9.47 Å². The third-order valence-corrected chi connectivity index (χ3v) is 3.78. The summed E-state index contributed by atoms with van der Waals surface area (Å²) in [6.45, 7) is 9.37. The van der Waals surface area contributed by atoms with Crippen LogP contribution in [0.1, 0.15) is 91.9 Å². The Kier molecular flexibility index (Phi) is 14.3. The molecule has 0 N–H and O–H groups in total. The van der Waals surface area contributed by atoms with Crippen molar-refractivity contribution in [3.8, 4) is 0 Å². The van der Waals surface area contributed by atoms with Gasteiger partial charge in [-0.3, -0.25) is 0 Å². The number of rotatable bonds is 14. The van der Waals surface area contributed by atoms with E-state index in [1.807, 2.05) is 0 Å². The van der Waals surface area contributed by atoms with Gasteiger partial charge in [-0.2, -0.15) is 0 Å². The van der Waals surface area contributed by atoms with Gasteiger partial charge in [0, 0.05) is 0 Å². The van der Waals surface area contributed by atoms with Crippen LogP contribution in [-0.2, 0) is 9.47 Å². The van der Waals surface area contributed by atoms with Crippen molar-refractivity contribution in [1.82, 2.24) is 0 Å². The molecule has 0 heterocycles. The number of ether oxygens (including phenoxy) is 2. The zero-order valence-electron chi connectivity index (χ0n) is 13.7. The highest BCUT2D eigenvalue weighted by molar-refractivity contribution is 4.57. The van der Waals surface area contributed by atoms with Gasteiger partial charge in [0.05, 0.1) is 12.2 Å². The Balaban J connectivity index is 3.64. The fourth-order valence-corrected chi connectivity index (χ4v) is 2.29. The van der Waals surface area contributed by atoms with Crippen molar-refractivity contribution >= 4 is 0 Å². The molecule has 0 spiro atoms. The molecule has 0 radical (unpaired) electrons. The molecule has 19 heavy (non-hydrogen) atoms. The first-order valence-corrected chi connectivity index (χ1v) is 8.51. The number of hydrogen-bond acceptors (Lipinski definition) is 2. The van der Waals surface area contributed by atoms with Gasteiger partial charge in [-0.25, -0.2) is 0 Å². The van der Waals surface area contributed by atoms with E-state index in [0.29, 0.717) is 19.0 Å². The summed E-state index contributed by atoms with van der Waals surface area (Å²) in [5, 5.41) is 0. The SMILES string of the molecule is CCCCCC(CC)OCOC(CC)CCCCC. The zero-order chi connectivity index (χ0) is 14.3. The van der Waals surface area contributed by atoms with E-state index < -0.39 is 0 Å². The fraction of sp³-hybridized carbons (Fsp3) is 1.00. The highest BCUT2D eigenvalue weighted by atomic mass is 16.7. The van der Waals surface area contributed by atoms with E-state index in [1.54, 1.807) is 0 Å². The minimum atomic E-state index is 0.389. The molecule has 0 saturated heterocycles. The lowest BCUT2D eigenvalue weighted by atomic mass is 10.1. The van der Waals surface area contributed by atoms with Crippen molar-refractivity contribution in [2.75, 3.05) is 6.79 Å². The summed E-state index contributed by atoms with van der Waals surface area (Å²) in [6.07, 6.45) is 13.1. The molecule has 0 amide bonds. The molecule has 0 rings (SSSR count). The predicted molar refractivity (Wildman–Crippen MR) is 83.5 cm³/mol. The maximum atomic E-state index is 5.85. The monoisotopic (exact) mass is 272 g/mol. The van der Waals surface area contributed by atoms with Gasteiger partial charge in [0.25, 0.3) is 0 Å². The van der Waals surface area contributed by atoms with Gasteiger partial charge >= 0.3 is 0 Å². The average molecular weight is 272 g/mol. The average Bonchev–Trinajstić information content (AvgIpc) is 2.44. The highest BCUT2D eigenvalue weighted by Gasteiger charge is 2.09. The Labute approximate surface area is 121 Å². The second-order valence-corrected chi connectivity index (χ2v) is 5.50. The molecule has 0 aliphatic heterocycles. The summed E-state index contributed by atoms with van der Waals surface area (Å²) in [4.78, 5) is 0. The molecule has 0 saturated carbocycles. The number of hydrogen-bond donors (Lipinski definition) is 0. The molecule has 2 heteroatoms. The van der Waals surface area contributed by atoms with Gasteiger partial charge in [0.2, 0.25) is 0 Å². The number of unbranched alkanes of at least 4 members (excludes halogenated alkanes) is 4. The molecule has 0 aromatic rings. The minimum Gasteiger partial charge on any atom is -0.352 e. The standard InChI is InChI=1S/C17H36O2/c1-5-9-11-13-16(7-3)18-15-19-17(8-4)14-12-10-6-2/h16-17H,5-15H2,1-4H3. The van der Waals surface area contributed by atoms with Gasteiger partial charge in [0.1, 0.15) is 6.79 Å². The molecule has 2 unspecified atom stereocenters.